The molecule has 1 fully saturated rings. The molecule has 0 unspecified atom stereocenters. The van der Waals surface area contributed by atoms with Gasteiger partial charge < -0.3 is 15.4 Å². The molecule has 10 heteroatoms. The van der Waals surface area contributed by atoms with Crippen molar-refractivity contribution in [1.82, 2.24) is 25.4 Å². The van der Waals surface area contributed by atoms with Crippen molar-refractivity contribution in [2.75, 3.05) is 0 Å². The van der Waals surface area contributed by atoms with Gasteiger partial charge in [0.15, 0.2) is 0 Å². The molecule has 3 aromatic rings. The molecule has 0 saturated heterocycles. The zero-order valence-electron chi connectivity index (χ0n) is 19.7. The maximum Gasteiger partial charge on any atom is 0.272 e. The molecular weight excluding hydrogens is 576 g/mol. The second-order valence-corrected chi connectivity index (χ2v) is 10.5. The number of rotatable bonds is 6. The third-order valence-corrected chi connectivity index (χ3v) is 7.29. The molecule has 0 radical (unpaired) electrons. The maximum atomic E-state index is 13.9. The Morgan fingerprint density at radius 1 is 1.03 bits per heavy atom. The summed E-state index contributed by atoms with van der Waals surface area (Å²) < 4.78 is 22.6. The summed E-state index contributed by atoms with van der Waals surface area (Å²) in [5, 5.41) is 10.5. The number of carbonyl (C=O) groups is 2. The van der Waals surface area contributed by atoms with Crippen molar-refractivity contribution in [3.63, 3.8) is 0 Å². The Balaban J connectivity index is 1.16. The van der Waals surface area contributed by atoms with Crippen LogP contribution in [-0.4, -0.2) is 38.7 Å². The van der Waals surface area contributed by atoms with E-state index in [0.29, 0.717) is 24.3 Å². The lowest BCUT2D eigenvalue weighted by Gasteiger charge is -2.29. The number of hydrogen-bond donors (Lipinski definition) is 2. The number of halogens is 2. The number of benzene rings is 1. The van der Waals surface area contributed by atoms with Crippen molar-refractivity contribution in [1.29, 1.82) is 0 Å². The quantitative estimate of drug-likeness (QED) is 0.401. The van der Waals surface area contributed by atoms with Crippen LogP contribution in [0.25, 0.3) is 0 Å². The molecule has 0 spiro atoms. The van der Waals surface area contributed by atoms with E-state index in [1.807, 2.05) is 28.9 Å². The number of nitrogens with one attached hydrogen (secondary N) is 2. The van der Waals surface area contributed by atoms with Crippen molar-refractivity contribution in [3.8, 4) is 11.6 Å². The Morgan fingerprint density at radius 3 is 2.50 bits per heavy atom. The van der Waals surface area contributed by atoms with Crippen molar-refractivity contribution in [3.05, 3.63) is 68.9 Å². The summed E-state index contributed by atoms with van der Waals surface area (Å²) in [6.45, 7) is 0.867. The topological polar surface area (TPSA) is 98.1 Å². The Kier molecular flexibility index (Phi) is 7.49. The van der Waals surface area contributed by atoms with E-state index in [0.717, 1.165) is 60.2 Å². The normalized spacial score (nSPS) is 19.3. The van der Waals surface area contributed by atoms with Crippen LogP contribution < -0.4 is 15.4 Å². The molecule has 2 aromatic heterocycles. The zero-order valence-corrected chi connectivity index (χ0v) is 21.8. The van der Waals surface area contributed by atoms with E-state index < -0.39 is 11.7 Å². The van der Waals surface area contributed by atoms with Gasteiger partial charge in [0.25, 0.3) is 11.8 Å². The number of pyridine rings is 1. The smallest absolute Gasteiger partial charge is 0.272 e. The van der Waals surface area contributed by atoms with E-state index in [1.54, 1.807) is 6.07 Å². The molecule has 0 bridgehead atoms. The van der Waals surface area contributed by atoms with E-state index in [4.69, 9.17) is 4.74 Å². The van der Waals surface area contributed by atoms with E-state index in [1.165, 1.54) is 0 Å². The average Bonchev–Trinajstić information content (AvgIpc) is 3.31. The predicted molar refractivity (Wildman–Crippen MR) is 140 cm³/mol. The van der Waals surface area contributed by atoms with Gasteiger partial charge in [-0.15, -0.1) is 0 Å². The van der Waals surface area contributed by atoms with Crippen molar-refractivity contribution < 1.29 is 18.7 Å². The molecular formula is C26H27FIN5O3. The zero-order chi connectivity index (χ0) is 25.1. The first kappa shape index (κ1) is 24.7. The van der Waals surface area contributed by atoms with Gasteiger partial charge in [0.05, 0.1) is 6.20 Å². The van der Waals surface area contributed by atoms with Crippen LogP contribution in [0.15, 0.2) is 42.6 Å². The van der Waals surface area contributed by atoms with Gasteiger partial charge in [-0.3, -0.25) is 14.3 Å². The van der Waals surface area contributed by atoms with Crippen LogP contribution >= 0.6 is 22.6 Å². The van der Waals surface area contributed by atoms with Gasteiger partial charge in [0.2, 0.25) is 5.88 Å². The van der Waals surface area contributed by atoms with Crippen molar-refractivity contribution in [2.24, 2.45) is 0 Å². The van der Waals surface area contributed by atoms with Crippen LogP contribution in [0.2, 0.25) is 0 Å². The molecule has 188 valence electrons. The average molecular weight is 603 g/mol. The minimum Gasteiger partial charge on any atom is -0.438 e. The van der Waals surface area contributed by atoms with E-state index >= 15 is 0 Å². The first-order valence-corrected chi connectivity index (χ1v) is 13.3. The molecule has 2 aliphatic rings. The molecule has 1 aliphatic heterocycles. The lowest BCUT2D eigenvalue weighted by Crippen LogP contribution is -2.44. The van der Waals surface area contributed by atoms with Crippen LogP contribution in [0.3, 0.4) is 0 Å². The van der Waals surface area contributed by atoms with Crippen LogP contribution in [0.4, 0.5) is 4.39 Å². The summed E-state index contributed by atoms with van der Waals surface area (Å²) in [5.41, 5.74) is 1.64. The van der Waals surface area contributed by atoms with Crippen molar-refractivity contribution in [2.45, 2.75) is 63.6 Å². The Hall–Kier alpha value is -3.02. The Labute approximate surface area is 222 Å². The number of ether oxygens (including phenoxy) is 1. The summed E-state index contributed by atoms with van der Waals surface area (Å²) >= 11 is 2.16. The second-order valence-electron chi connectivity index (χ2n) is 9.26. The van der Waals surface area contributed by atoms with E-state index in [-0.39, 0.29) is 29.4 Å². The fraction of sp³-hybridized carbons (Fsp3) is 0.385. The monoisotopic (exact) mass is 603 g/mol. The van der Waals surface area contributed by atoms with Gasteiger partial charge in [-0.1, -0.05) is 6.07 Å². The number of aryl methyl sites for hydroxylation is 2. The SMILES string of the molecule is O=C(NC1CCC(NC(=O)c2cc(F)cnc2Oc2cccc(I)c2)CC1)c1cc2n(n1)CCCC2. The standard InChI is InChI=1S/C26H27FIN5O3/c27-16-12-22(26(29-15-16)36-21-6-3-4-17(28)13-21)24(34)30-18-7-9-19(10-8-18)31-25(35)23-14-20-5-1-2-11-33(20)32-23/h3-4,6,12-15,18-19H,1-2,5,7-11H2,(H,30,34)(H,31,35). The fourth-order valence-electron chi connectivity index (χ4n) is 4.75. The molecule has 1 aromatic carbocycles. The highest BCUT2D eigenvalue weighted by Crippen LogP contribution is 2.26. The number of aromatic nitrogens is 3. The van der Waals surface area contributed by atoms with Crippen LogP contribution in [0.1, 0.15) is 65.1 Å². The summed E-state index contributed by atoms with van der Waals surface area (Å²) in [6, 6.07) is 10.3. The second kappa shape index (κ2) is 10.9. The third kappa shape index (κ3) is 5.85. The summed E-state index contributed by atoms with van der Waals surface area (Å²) in [5.74, 6) is -0.613. The molecule has 1 saturated carbocycles. The summed E-state index contributed by atoms with van der Waals surface area (Å²) in [4.78, 5) is 29.7. The highest BCUT2D eigenvalue weighted by Gasteiger charge is 2.27. The highest BCUT2D eigenvalue weighted by atomic mass is 127. The maximum absolute atomic E-state index is 13.9. The molecule has 3 heterocycles. The van der Waals surface area contributed by atoms with Crippen molar-refractivity contribution >= 4 is 34.4 Å². The van der Waals surface area contributed by atoms with Gasteiger partial charge in [-0.2, -0.15) is 5.10 Å². The number of amides is 2. The minimum atomic E-state index is -0.609. The third-order valence-electron chi connectivity index (χ3n) is 6.62. The minimum absolute atomic E-state index is 0.0275. The first-order chi connectivity index (χ1) is 17.4. The van der Waals surface area contributed by atoms with Gasteiger partial charge in [0, 0.05) is 27.9 Å². The fourth-order valence-corrected chi connectivity index (χ4v) is 5.26. The summed E-state index contributed by atoms with van der Waals surface area (Å²) in [6.07, 6.45) is 7.09. The van der Waals surface area contributed by atoms with Crippen LogP contribution in [-0.2, 0) is 13.0 Å². The Morgan fingerprint density at radius 2 is 1.78 bits per heavy atom. The molecule has 0 atom stereocenters. The number of nitrogens with zero attached hydrogens (tertiary/aromatic N) is 3. The van der Waals surface area contributed by atoms with E-state index in [2.05, 4.69) is 43.3 Å². The molecule has 2 amide bonds. The van der Waals surface area contributed by atoms with Crippen LogP contribution in [0.5, 0.6) is 11.6 Å². The molecule has 8 nitrogen and oxygen atoms in total. The number of hydrogen-bond acceptors (Lipinski definition) is 5. The number of carbonyl (C=O) groups excluding carboxylic acids is 2. The largest absolute Gasteiger partial charge is 0.438 e. The van der Waals surface area contributed by atoms with Gasteiger partial charge in [0.1, 0.15) is 22.8 Å². The number of fused-ring (bicyclic) bond motifs is 1. The van der Waals surface area contributed by atoms with Gasteiger partial charge in [-0.25, -0.2) is 9.37 Å². The Bertz CT molecular complexity index is 1250. The lowest BCUT2D eigenvalue weighted by atomic mass is 9.91. The highest BCUT2D eigenvalue weighted by molar-refractivity contribution is 14.1. The van der Waals surface area contributed by atoms with Gasteiger partial charge in [-0.05, 0) is 97.9 Å². The summed E-state index contributed by atoms with van der Waals surface area (Å²) in [7, 11) is 0. The molecule has 2 N–H and O–H groups in total. The molecule has 1 aliphatic carbocycles. The first-order valence-electron chi connectivity index (χ1n) is 12.2. The van der Waals surface area contributed by atoms with E-state index in [9.17, 15) is 14.0 Å². The predicted octanol–water partition coefficient (Wildman–Crippen LogP) is 4.62. The van der Waals surface area contributed by atoms with Crippen LogP contribution in [0, 0.1) is 9.39 Å². The molecule has 5 rings (SSSR count). The molecule has 36 heavy (non-hydrogen) atoms. The van der Waals surface area contributed by atoms with Gasteiger partial charge >= 0.3 is 0 Å². The lowest BCUT2D eigenvalue weighted by molar-refractivity contribution is 0.0887.